The van der Waals surface area contributed by atoms with Crippen LogP contribution in [0.5, 0.6) is 11.6 Å². The van der Waals surface area contributed by atoms with Crippen molar-refractivity contribution in [2.24, 2.45) is 0 Å². The number of hydrogen-bond acceptors (Lipinski definition) is 15. The maximum absolute atomic E-state index is 9.70. The number of nitrogens with one attached hydrogen (secondary N) is 1. The molecule has 0 radical (unpaired) electrons. The molecule has 1 atom stereocenters. The molecule has 1 aliphatic heterocycles. The topological polar surface area (TPSA) is 182 Å². The summed E-state index contributed by atoms with van der Waals surface area (Å²) in [4.78, 5) is 11.8. The molecule has 2 fully saturated rings. The fraction of sp³-hybridized carbons (Fsp3) is 0.583. The molecule has 1 N–H and O–H groups in total. The number of rotatable bonds is 20. The van der Waals surface area contributed by atoms with Gasteiger partial charge in [0.05, 0.1) is 70.6 Å². The van der Waals surface area contributed by atoms with E-state index >= 15 is 0 Å². The zero-order valence-corrected chi connectivity index (χ0v) is 30.5. The van der Waals surface area contributed by atoms with Gasteiger partial charge in [-0.2, -0.15) is 5.26 Å². The van der Waals surface area contributed by atoms with E-state index in [0.717, 1.165) is 63.1 Å². The number of morpholine rings is 1. The minimum Gasteiger partial charge on any atom is -0.487 e. The molecular formula is C36H49N11O6. The summed E-state index contributed by atoms with van der Waals surface area (Å²) in [6.45, 7) is 9.13. The largest absolute Gasteiger partial charge is 0.487 e. The molecule has 284 valence electrons. The predicted molar refractivity (Wildman–Crippen MR) is 193 cm³/mol. The normalized spacial score (nSPS) is 18.4. The first-order valence-corrected chi connectivity index (χ1v) is 18.3. The summed E-state index contributed by atoms with van der Waals surface area (Å²) in [6, 6.07) is 8.48. The second-order valence-corrected chi connectivity index (χ2v) is 13.1. The molecule has 0 spiro atoms. The number of hydrogen-bond donors (Lipinski definition) is 1. The Morgan fingerprint density at radius 3 is 2.45 bits per heavy atom. The Balaban J connectivity index is 1.09. The van der Waals surface area contributed by atoms with Gasteiger partial charge in [-0.15, -0.1) is 10.2 Å². The highest BCUT2D eigenvalue weighted by molar-refractivity contribution is 5.67. The molecule has 1 saturated heterocycles. The number of aromatic nitrogens is 8. The summed E-state index contributed by atoms with van der Waals surface area (Å²) in [6.07, 6.45) is 11.8. The SMILES string of the molecule is COCCOCCOCCCOc1nn(C2CCC(N3CCOCC3)CC2)cc1Nc1ncc(-c2ccc(C#N)c(OC(C)Cn3cnnn3)c2)cn1. The fourth-order valence-electron chi connectivity index (χ4n) is 6.51. The summed E-state index contributed by atoms with van der Waals surface area (Å²) >= 11 is 0. The van der Waals surface area contributed by atoms with Gasteiger partial charge in [0.2, 0.25) is 5.95 Å². The molecule has 0 amide bonds. The maximum atomic E-state index is 9.70. The number of nitriles is 1. The van der Waals surface area contributed by atoms with Gasteiger partial charge in [-0.05, 0) is 60.7 Å². The second kappa shape index (κ2) is 19.9. The smallest absolute Gasteiger partial charge is 0.256 e. The molecule has 1 aromatic carbocycles. The zero-order valence-electron chi connectivity index (χ0n) is 30.5. The molecule has 4 aromatic rings. The van der Waals surface area contributed by atoms with Crippen LogP contribution in [0.4, 0.5) is 11.6 Å². The molecule has 4 heterocycles. The van der Waals surface area contributed by atoms with Crippen LogP contribution in [0.2, 0.25) is 0 Å². The van der Waals surface area contributed by atoms with E-state index in [4.69, 9.17) is 33.5 Å². The highest BCUT2D eigenvalue weighted by atomic mass is 16.5. The third-order valence-corrected chi connectivity index (χ3v) is 9.27. The number of ether oxygens (including phenoxy) is 6. The van der Waals surface area contributed by atoms with Crippen LogP contribution in [-0.2, 0) is 25.5 Å². The van der Waals surface area contributed by atoms with Gasteiger partial charge >= 0.3 is 0 Å². The van der Waals surface area contributed by atoms with Crippen LogP contribution in [0, 0.1) is 11.3 Å². The van der Waals surface area contributed by atoms with Crippen molar-refractivity contribution in [2.45, 2.75) is 63.8 Å². The van der Waals surface area contributed by atoms with Gasteiger partial charge in [0.1, 0.15) is 29.9 Å². The van der Waals surface area contributed by atoms with E-state index in [1.165, 1.54) is 6.33 Å². The zero-order chi connectivity index (χ0) is 36.7. The standard InChI is InChI=1S/C36H49N11O6/c1-27(24-46-26-40-43-44-46)53-34-20-28(4-5-29(34)21-37)30-22-38-36(39-23-30)41-33-25-47(32-8-6-31(7-9-32)45-10-14-50-15-11-45)42-35(33)52-13-3-12-49-18-19-51-17-16-48-2/h4-5,20,22-23,25-27,31-32H,3,6-19,24H2,1-2H3,(H,38,39,41). The molecule has 53 heavy (non-hydrogen) atoms. The van der Waals surface area contributed by atoms with E-state index in [0.29, 0.717) is 87.5 Å². The van der Waals surface area contributed by atoms with Crippen LogP contribution in [0.15, 0.2) is 43.1 Å². The summed E-state index contributed by atoms with van der Waals surface area (Å²) in [7, 11) is 1.65. The van der Waals surface area contributed by atoms with Gasteiger partial charge < -0.3 is 33.7 Å². The van der Waals surface area contributed by atoms with Crippen LogP contribution in [0.3, 0.4) is 0 Å². The van der Waals surface area contributed by atoms with Gasteiger partial charge in [-0.3, -0.25) is 9.58 Å². The highest BCUT2D eigenvalue weighted by Crippen LogP contribution is 2.35. The van der Waals surface area contributed by atoms with Crippen molar-refractivity contribution in [3.05, 3.63) is 48.7 Å². The lowest BCUT2D eigenvalue weighted by molar-refractivity contribution is 0.00502. The lowest BCUT2D eigenvalue weighted by Gasteiger charge is -2.38. The predicted octanol–water partition coefficient (Wildman–Crippen LogP) is 3.67. The number of anilines is 2. The molecule has 1 saturated carbocycles. The van der Waals surface area contributed by atoms with Crippen molar-refractivity contribution in [1.82, 2.24) is 44.9 Å². The van der Waals surface area contributed by atoms with Gasteiger partial charge in [0, 0.05) is 57.2 Å². The summed E-state index contributed by atoms with van der Waals surface area (Å²) in [5, 5.41) is 29.1. The third-order valence-electron chi connectivity index (χ3n) is 9.27. The fourth-order valence-corrected chi connectivity index (χ4v) is 6.51. The first-order valence-electron chi connectivity index (χ1n) is 18.3. The van der Waals surface area contributed by atoms with Gasteiger partial charge in [0.25, 0.3) is 5.88 Å². The van der Waals surface area contributed by atoms with Gasteiger partial charge in [0.15, 0.2) is 0 Å². The van der Waals surface area contributed by atoms with Crippen LogP contribution in [-0.4, -0.2) is 130 Å². The lowest BCUT2D eigenvalue weighted by Crippen LogP contribution is -2.45. The van der Waals surface area contributed by atoms with E-state index < -0.39 is 0 Å². The van der Waals surface area contributed by atoms with Crippen molar-refractivity contribution < 1.29 is 28.4 Å². The number of methoxy groups -OCH3 is 1. The van der Waals surface area contributed by atoms with E-state index in [2.05, 4.69) is 41.8 Å². The minimum atomic E-state index is -0.279. The first kappa shape index (κ1) is 38.0. The van der Waals surface area contributed by atoms with Crippen LogP contribution in [0.1, 0.15) is 50.6 Å². The Labute approximate surface area is 309 Å². The maximum Gasteiger partial charge on any atom is 0.256 e. The Morgan fingerprint density at radius 2 is 1.72 bits per heavy atom. The minimum absolute atomic E-state index is 0.276. The number of tetrazole rings is 1. The Bertz CT molecular complexity index is 1700. The summed E-state index contributed by atoms with van der Waals surface area (Å²) in [5.74, 6) is 1.37. The first-order chi connectivity index (χ1) is 26.1. The van der Waals surface area contributed by atoms with E-state index in [1.54, 1.807) is 30.3 Å². The Hall–Kier alpha value is -4.73. The summed E-state index contributed by atoms with van der Waals surface area (Å²) < 4.78 is 37.6. The van der Waals surface area contributed by atoms with Gasteiger partial charge in [-0.1, -0.05) is 6.07 Å². The number of nitrogens with zero attached hydrogens (tertiary/aromatic N) is 10. The van der Waals surface area contributed by atoms with Crippen molar-refractivity contribution in [2.75, 3.05) is 78.4 Å². The van der Waals surface area contributed by atoms with E-state index in [-0.39, 0.29) is 12.1 Å². The van der Waals surface area contributed by atoms with Crippen molar-refractivity contribution in [3.8, 4) is 28.8 Å². The van der Waals surface area contributed by atoms with Crippen molar-refractivity contribution in [1.29, 1.82) is 5.26 Å². The van der Waals surface area contributed by atoms with Crippen LogP contribution in [0.25, 0.3) is 11.1 Å². The van der Waals surface area contributed by atoms with E-state index in [1.807, 2.05) is 29.9 Å². The summed E-state index contributed by atoms with van der Waals surface area (Å²) in [5.41, 5.74) is 2.71. The molecule has 6 rings (SSSR count). The average molecular weight is 732 g/mol. The second-order valence-electron chi connectivity index (χ2n) is 13.1. The number of benzene rings is 1. The Kier molecular flexibility index (Phi) is 14.3. The molecule has 2 aliphatic rings. The van der Waals surface area contributed by atoms with Crippen LogP contribution < -0.4 is 14.8 Å². The average Bonchev–Trinajstić information content (AvgIpc) is 3.86. The third kappa shape index (κ3) is 11.1. The molecule has 3 aromatic heterocycles. The van der Waals surface area contributed by atoms with E-state index in [9.17, 15) is 5.26 Å². The molecule has 1 aliphatic carbocycles. The highest BCUT2D eigenvalue weighted by Gasteiger charge is 2.29. The van der Waals surface area contributed by atoms with Crippen molar-refractivity contribution in [3.63, 3.8) is 0 Å². The molecule has 17 nitrogen and oxygen atoms in total. The molecular weight excluding hydrogens is 682 g/mol. The quantitative estimate of drug-likeness (QED) is 0.130. The molecule has 17 heteroatoms. The molecule has 0 bridgehead atoms. The van der Waals surface area contributed by atoms with Crippen molar-refractivity contribution >= 4 is 11.6 Å². The van der Waals surface area contributed by atoms with Crippen LogP contribution >= 0.6 is 0 Å². The molecule has 1 unspecified atom stereocenters. The Morgan fingerprint density at radius 1 is 0.962 bits per heavy atom. The lowest BCUT2D eigenvalue weighted by atomic mass is 9.90. The van der Waals surface area contributed by atoms with Gasteiger partial charge in [-0.25, -0.2) is 14.6 Å². The monoisotopic (exact) mass is 731 g/mol.